The SMILES string of the molecule is CCOC(=O)c1cc(-c2cccc(NC(=O)c3ccc(C)cc3)c2)n(-c2ccccc2C)n1. The van der Waals surface area contributed by atoms with E-state index in [9.17, 15) is 9.59 Å². The van der Waals surface area contributed by atoms with Gasteiger partial charge in [-0.05, 0) is 62.7 Å². The number of anilines is 1. The van der Waals surface area contributed by atoms with Crippen LogP contribution in [0.1, 0.15) is 38.9 Å². The Morgan fingerprint density at radius 3 is 2.42 bits per heavy atom. The second kappa shape index (κ2) is 9.53. The van der Waals surface area contributed by atoms with E-state index in [1.807, 2.05) is 74.5 Å². The lowest BCUT2D eigenvalue weighted by Crippen LogP contribution is -2.11. The smallest absolute Gasteiger partial charge is 0.358 e. The zero-order valence-electron chi connectivity index (χ0n) is 18.8. The molecule has 0 radical (unpaired) electrons. The quantitative estimate of drug-likeness (QED) is 0.398. The second-order valence-corrected chi connectivity index (χ2v) is 7.73. The first kappa shape index (κ1) is 22.0. The van der Waals surface area contributed by atoms with Crippen molar-refractivity contribution in [2.24, 2.45) is 0 Å². The summed E-state index contributed by atoms with van der Waals surface area (Å²) in [7, 11) is 0. The summed E-state index contributed by atoms with van der Waals surface area (Å²) in [5.74, 6) is -0.665. The summed E-state index contributed by atoms with van der Waals surface area (Å²) in [6.45, 7) is 6.00. The highest BCUT2D eigenvalue weighted by atomic mass is 16.5. The first-order chi connectivity index (χ1) is 16.0. The Labute approximate surface area is 192 Å². The molecule has 6 heteroatoms. The number of ether oxygens (including phenoxy) is 1. The second-order valence-electron chi connectivity index (χ2n) is 7.73. The van der Waals surface area contributed by atoms with Gasteiger partial charge in [0.2, 0.25) is 0 Å². The lowest BCUT2D eigenvalue weighted by atomic mass is 10.1. The molecule has 1 aromatic heterocycles. The van der Waals surface area contributed by atoms with Crippen molar-refractivity contribution < 1.29 is 14.3 Å². The minimum absolute atomic E-state index is 0.188. The molecule has 0 saturated heterocycles. The highest BCUT2D eigenvalue weighted by molar-refractivity contribution is 6.04. The monoisotopic (exact) mass is 439 g/mol. The van der Waals surface area contributed by atoms with Crippen molar-refractivity contribution in [3.05, 3.63) is 101 Å². The topological polar surface area (TPSA) is 73.2 Å². The molecule has 6 nitrogen and oxygen atoms in total. The van der Waals surface area contributed by atoms with Crippen LogP contribution in [-0.4, -0.2) is 28.3 Å². The molecule has 0 unspecified atom stereocenters. The predicted octanol–water partition coefficient (Wildman–Crippen LogP) is 5.59. The number of aryl methyl sites for hydroxylation is 2. The molecule has 33 heavy (non-hydrogen) atoms. The molecule has 0 spiro atoms. The average molecular weight is 440 g/mol. The summed E-state index contributed by atoms with van der Waals surface area (Å²) in [5.41, 5.74) is 5.95. The third-order valence-electron chi connectivity index (χ3n) is 5.27. The fraction of sp³-hybridized carbons (Fsp3) is 0.148. The minimum Gasteiger partial charge on any atom is -0.461 e. The number of hydrogen-bond donors (Lipinski definition) is 1. The van der Waals surface area contributed by atoms with Crippen molar-refractivity contribution in [2.45, 2.75) is 20.8 Å². The molecule has 0 fully saturated rings. The molecule has 166 valence electrons. The lowest BCUT2D eigenvalue weighted by molar-refractivity contribution is 0.0519. The number of hydrogen-bond acceptors (Lipinski definition) is 4. The zero-order valence-corrected chi connectivity index (χ0v) is 18.8. The molecular formula is C27H25N3O3. The van der Waals surface area contributed by atoms with Crippen molar-refractivity contribution in [3.63, 3.8) is 0 Å². The van der Waals surface area contributed by atoms with E-state index in [1.165, 1.54) is 0 Å². The van der Waals surface area contributed by atoms with Gasteiger partial charge in [0.05, 0.1) is 18.0 Å². The molecule has 1 N–H and O–H groups in total. The number of esters is 1. The first-order valence-corrected chi connectivity index (χ1v) is 10.8. The Morgan fingerprint density at radius 1 is 0.939 bits per heavy atom. The van der Waals surface area contributed by atoms with E-state index in [2.05, 4.69) is 10.4 Å². The van der Waals surface area contributed by atoms with Gasteiger partial charge in [0.15, 0.2) is 5.69 Å². The molecule has 1 amide bonds. The van der Waals surface area contributed by atoms with Crippen molar-refractivity contribution in [1.29, 1.82) is 0 Å². The molecule has 3 aromatic carbocycles. The van der Waals surface area contributed by atoms with Gasteiger partial charge in [-0.1, -0.05) is 48.0 Å². The van der Waals surface area contributed by atoms with Crippen molar-refractivity contribution >= 4 is 17.6 Å². The molecule has 0 bridgehead atoms. The van der Waals surface area contributed by atoms with Gasteiger partial charge in [0.1, 0.15) is 0 Å². The maximum atomic E-state index is 12.7. The Balaban J connectivity index is 1.72. The maximum Gasteiger partial charge on any atom is 0.358 e. The summed E-state index contributed by atoms with van der Waals surface area (Å²) in [6, 6.07) is 24.4. The Kier molecular flexibility index (Phi) is 6.36. The summed E-state index contributed by atoms with van der Waals surface area (Å²) in [6.07, 6.45) is 0. The van der Waals surface area contributed by atoms with Crippen molar-refractivity contribution in [1.82, 2.24) is 9.78 Å². The van der Waals surface area contributed by atoms with Gasteiger partial charge >= 0.3 is 5.97 Å². The number of nitrogens with zero attached hydrogens (tertiary/aromatic N) is 2. The van der Waals surface area contributed by atoms with Gasteiger partial charge in [0, 0.05) is 16.8 Å². The molecule has 4 rings (SSSR count). The van der Waals surface area contributed by atoms with Crippen LogP contribution in [0.5, 0.6) is 0 Å². The third-order valence-corrected chi connectivity index (χ3v) is 5.27. The number of carbonyl (C=O) groups is 2. The standard InChI is InChI=1S/C27H25N3O3/c1-4-33-27(32)23-17-25(30(29-23)24-11-6-5-8-19(24)3)21-9-7-10-22(16-21)28-26(31)20-14-12-18(2)13-15-20/h5-17H,4H2,1-3H3,(H,28,31). The number of amides is 1. The lowest BCUT2D eigenvalue weighted by Gasteiger charge is -2.12. The van der Waals surface area contributed by atoms with E-state index >= 15 is 0 Å². The molecule has 0 atom stereocenters. The van der Waals surface area contributed by atoms with Crippen LogP contribution < -0.4 is 5.32 Å². The number of benzene rings is 3. The Hall–Kier alpha value is -4.19. The maximum absolute atomic E-state index is 12.7. The van der Waals surface area contributed by atoms with E-state index in [4.69, 9.17) is 4.74 Å². The molecule has 1 heterocycles. The van der Waals surface area contributed by atoms with Gasteiger partial charge in [-0.25, -0.2) is 9.48 Å². The van der Waals surface area contributed by atoms with Gasteiger partial charge in [0.25, 0.3) is 5.91 Å². The molecule has 0 saturated carbocycles. The van der Waals surface area contributed by atoms with Crippen molar-refractivity contribution in [2.75, 3.05) is 11.9 Å². The van der Waals surface area contributed by atoms with Crippen LogP contribution in [0.25, 0.3) is 16.9 Å². The van der Waals surface area contributed by atoms with Gasteiger partial charge < -0.3 is 10.1 Å². The van der Waals surface area contributed by atoms with Gasteiger partial charge in [-0.3, -0.25) is 4.79 Å². The predicted molar refractivity (Wildman–Crippen MR) is 129 cm³/mol. The van der Waals surface area contributed by atoms with E-state index in [1.54, 1.807) is 29.8 Å². The van der Waals surface area contributed by atoms with Crippen LogP contribution >= 0.6 is 0 Å². The third kappa shape index (κ3) is 4.85. The number of carbonyl (C=O) groups excluding carboxylic acids is 2. The summed E-state index contributed by atoms with van der Waals surface area (Å²) in [5, 5.41) is 7.49. The highest BCUT2D eigenvalue weighted by Gasteiger charge is 2.19. The van der Waals surface area contributed by atoms with E-state index < -0.39 is 5.97 Å². The number of aromatic nitrogens is 2. The van der Waals surface area contributed by atoms with E-state index in [0.717, 1.165) is 28.1 Å². The number of rotatable bonds is 6. The molecule has 0 aliphatic rings. The minimum atomic E-state index is -0.477. The fourth-order valence-corrected chi connectivity index (χ4v) is 3.54. The number of para-hydroxylation sites is 1. The summed E-state index contributed by atoms with van der Waals surface area (Å²) < 4.78 is 6.90. The molecule has 0 aliphatic carbocycles. The highest BCUT2D eigenvalue weighted by Crippen LogP contribution is 2.28. The summed E-state index contributed by atoms with van der Waals surface area (Å²) in [4.78, 5) is 25.1. The van der Waals surface area contributed by atoms with Crippen LogP contribution in [0.3, 0.4) is 0 Å². The molecule has 4 aromatic rings. The van der Waals surface area contributed by atoms with E-state index in [0.29, 0.717) is 11.3 Å². The largest absolute Gasteiger partial charge is 0.461 e. The van der Waals surface area contributed by atoms with Crippen LogP contribution in [0.15, 0.2) is 78.9 Å². The van der Waals surface area contributed by atoms with Crippen LogP contribution in [-0.2, 0) is 4.74 Å². The van der Waals surface area contributed by atoms with Gasteiger partial charge in [-0.2, -0.15) is 5.10 Å². The van der Waals surface area contributed by atoms with Gasteiger partial charge in [-0.15, -0.1) is 0 Å². The normalized spacial score (nSPS) is 10.6. The molecular weight excluding hydrogens is 414 g/mol. The average Bonchev–Trinajstić information content (AvgIpc) is 3.26. The first-order valence-electron chi connectivity index (χ1n) is 10.8. The van der Waals surface area contributed by atoms with Crippen LogP contribution in [0.2, 0.25) is 0 Å². The van der Waals surface area contributed by atoms with Crippen molar-refractivity contribution in [3.8, 4) is 16.9 Å². The van der Waals surface area contributed by atoms with E-state index in [-0.39, 0.29) is 18.2 Å². The number of nitrogens with one attached hydrogen (secondary N) is 1. The Morgan fingerprint density at radius 2 is 1.70 bits per heavy atom. The van der Waals surface area contributed by atoms with Crippen LogP contribution in [0, 0.1) is 13.8 Å². The fourth-order valence-electron chi connectivity index (χ4n) is 3.54. The van der Waals surface area contributed by atoms with Crippen LogP contribution in [0.4, 0.5) is 5.69 Å². The zero-order chi connectivity index (χ0) is 23.4. The molecule has 0 aliphatic heterocycles. The summed E-state index contributed by atoms with van der Waals surface area (Å²) >= 11 is 0. The Bertz CT molecular complexity index is 1310.